The van der Waals surface area contributed by atoms with Crippen LogP contribution in [0.25, 0.3) is 0 Å². The van der Waals surface area contributed by atoms with E-state index in [1.54, 1.807) is 0 Å². The molecule has 0 bridgehead atoms. The summed E-state index contributed by atoms with van der Waals surface area (Å²) < 4.78 is 25.6. The number of aliphatic hydroxyl groups is 1. The molecular weight excluding hydrogens is 275 g/mol. The summed E-state index contributed by atoms with van der Waals surface area (Å²) in [6.07, 6.45) is 0. The molecule has 0 amide bonds. The fourth-order valence-corrected chi connectivity index (χ4v) is 3.12. The minimum absolute atomic E-state index is 0.0389. The van der Waals surface area contributed by atoms with E-state index in [-0.39, 0.29) is 33.8 Å². The van der Waals surface area contributed by atoms with Crippen LogP contribution in [0.15, 0.2) is 17.0 Å². The van der Waals surface area contributed by atoms with Crippen molar-refractivity contribution in [2.75, 3.05) is 18.9 Å². The molecule has 0 saturated heterocycles. The monoisotopic (exact) mass is 284 g/mol. The molecule has 0 aliphatic rings. The van der Waals surface area contributed by atoms with Gasteiger partial charge in [0.1, 0.15) is 4.90 Å². The number of hydrogen-bond acceptors (Lipinski definition) is 4. The van der Waals surface area contributed by atoms with Gasteiger partial charge in [0.2, 0.25) is 10.0 Å². The van der Waals surface area contributed by atoms with Gasteiger partial charge in [0.05, 0.1) is 17.3 Å². The van der Waals surface area contributed by atoms with Crippen molar-refractivity contribution < 1.29 is 13.5 Å². The number of benzene rings is 1. The van der Waals surface area contributed by atoms with Crippen molar-refractivity contribution >= 4 is 38.9 Å². The third kappa shape index (κ3) is 2.99. The Kier molecular flexibility index (Phi) is 4.40. The lowest BCUT2D eigenvalue weighted by Gasteiger charge is -2.10. The second-order valence-electron chi connectivity index (χ2n) is 2.93. The third-order valence-corrected chi connectivity index (χ3v) is 3.92. The van der Waals surface area contributed by atoms with Crippen molar-refractivity contribution in [2.45, 2.75) is 4.90 Å². The number of hydrogen-bond donors (Lipinski definition) is 3. The van der Waals surface area contributed by atoms with Gasteiger partial charge >= 0.3 is 0 Å². The Hall–Kier alpha value is -0.530. The molecule has 0 radical (unpaired) electrons. The van der Waals surface area contributed by atoms with Gasteiger partial charge in [-0.05, 0) is 12.1 Å². The van der Waals surface area contributed by atoms with Gasteiger partial charge in [-0.3, -0.25) is 0 Å². The molecule has 0 fully saturated rings. The quantitative estimate of drug-likeness (QED) is 0.715. The van der Waals surface area contributed by atoms with Gasteiger partial charge < -0.3 is 10.8 Å². The van der Waals surface area contributed by atoms with Crippen molar-refractivity contribution in [1.82, 2.24) is 4.72 Å². The zero-order valence-corrected chi connectivity index (χ0v) is 10.4. The van der Waals surface area contributed by atoms with Gasteiger partial charge in [-0.15, -0.1) is 0 Å². The van der Waals surface area contributed by atoms with Crippen LogP contribution in [-0.4, -0.2) is 26.7 Å². The number of nitrogens with two attached hydrogens (primary N) is 1. The molecule has 4 N–H and O–H groups in total. The van der Waals surface area contributed by atoms with Crippen molar-refractivity contribution in [2.24, 2.45) is 0 Å². The van der Waals surface area contributed by atoms with E-state index < -0.39 is 10.0 Å². The van der Waals surface area contributed by atoms with Crippen LogP contribution < -0.4 is 10.5 Å². The SMILES string of the molecule is Nc1cc(Cl)cc(Cl)c1S(=O)(=O)NCCO. The first-order valence-electron chi connectivity index (χ1n) is 4.23. The summed E-state index contributed by atoms with van der Waals surface area (Å²) in [6.45, 7) is -0.426. The smallest absolute Gasteiger partial charge is 0.244 e. The Morgan fingerprint density at radius 1 is 1.38 bits per heavy atom. The molecule has 0 heterocycles. The lowest BCUT2D eigenvalue weighted by atomic mass is 10.3. The Morgan fingerprint density at radius 2 is 2.00 bits per heavy atom. The second kappa shape index (κ2) is 5.20. The van der Waals surface area contributed by atoms with Crippen LogP contribution in [0.1, 0.15) is 0 Å². The first kappa shape index (κ1) is 13.5. The summed E-state index contributed by atoms with van der Waals surface area (Å²) in [4.78, 5) is -0.230. The predicted octanol–water partition coefficient (Wildman–Crippen LogP) is 0.846. The van der Waals surface area contributed by atoms with E-state index in [1.165, 1.54) is 12.1 Å². The molecule has 0 aromatic heterocycles. The lowest BCUT2D eigenvalue weighted by Crippen LogP contribution is -2.27. The molecule has 1 aromatic rings. The maximum atomic E-state index is 11.7. The highest BCUT2D eigenvalue weighted by molar-refractivity contribution is 7.89. The molecule has 16 heavy (non-hydrogen) atoms. The molecule has 1 rings (SSSR count). The van der Waals surface area contributed by atoms with Crippen LogP contribution in [0.3, 0.4) is 0 Å². The zero-order valence-electron chi connectivity index (χ0n) is 8.07. The van der Waals surface area contributed by atoms with Gasteiger partial charge in [0.15, 0.2) is 0 Å². The lowest BCUT2D eigenvalue weighted by molar-refractivity contribution is 0.301. The summed E-state index contributed by atoms with van der Waals surface area (Å²) in [7, 11) is -3.83. The molecule has 0 aliphatic carbocycles. The van der Waals surface area contributed by atoms with Crippen LogP contribution in [0.4, 0.5) is 5.69 Å². The first-order valence-corrected chi connectivity index (χ1v) is 6.47. The molecule has 1 aromatic carbocycles. The fourth-order valence-electron chi connectivity index (χ4n) is 1.12. The van der Waals surface area contributed by atoms with Crippen molar-refractivity contribution in [3.05, 3.63) is 22.2 Å². The normalized spacial score (nSPS) is 11.7. The number of nitrogens with one attached hydrogen (secondary N) is 1. The van der Waals surface area contributed by atoms with E-state index in [2.05, 4.69) is 4.72 Å². The predicted molar refractivity (Wildman–Crippen MR) is 63.1 cm³/mol. The highest BCUT2D eigenvalue weighted by Gasteiger charge is 2.21. The number of nitrogen functional groups attached to an aromatic ring is 1. The van der Waals surface area contributed by atoms with Crippen LogP contribution in [0.2, 0.25) is 10.0 Å². The van der Waals surface area contributed by atoms with E-state index in [0.29, 0.717) is 0 Å². The Bertz CT molecular complexity index is 467. The topological polar surface area (TPSA) is 92.4 Å². The molecule has 0 unspecified atom stereocenters. The Labute approximate surface area is 103 Å². The Morgan fingerprint density at radius 3 is 2.50 bits per heavy atom. The Balaban J connectivity index is 3.23. The maximum Gasteiger partial charge on any atom is 0.244 e. The van der Waals surface area contributed by atoms with Crippen molar-refractivity contribution in [1.29, 1.82) is 0 Å². The summed E-state index contributed by atoms with van der Waals surface area (Å²) in [5.41, 5.74) is 5.49. The molecule has 0 saturated carbocycles. The average molecular weight is 285 g/mol. The first-order chi connectivity index (χ1) is 7.38. The molecule has 0 aliphatic heterocycles. The summed E-state index contributed by atoms with van der Waals surface area (Å²) >= 11 is 11.4. The van der Waals surface area contributed by atoms with Gasteiger partial charge in [0.25, 0.3) is 0 Å². The minimum atomic E-state index is -3.83. The average Bonchev–Trinajstić information content (AvgIpc) is 2.12. The van der Waals surface area contributed by atoms with Gasteiger partial charge in [0, 0.05) is 11.6 Å². The standard InChI is InChI=1S/C8H10Cl2N2O3S/c9-5-3-6(10)8(7(11)4-5)16(14,15)12-1-2-13/h3-4,12-13H,1-2,11H2. The molecule has 0 atom stereocenters. The maximum absolute atomic E-state index is 11.7. The molecule has 90 valence electrons. The summed E-state index contributed by atoms with van der Waals surface area (Å²) in [6, 6.07) is 2.58. The largest absolute Gasteiger partial charge is 0.398 e. The number of rotatable bonds is 4. The number of halogens is 2. The third-order valence-electron chi connectivity index (χ3n) is 1.71. The van der Waals surface area contributed by atoms with E-state index in [4.69, 9.17) is 34.0 Å². The highest BCUT2D eigenvalue weighted by atomic mass is 35.5. The van der Waals surface area contributed by atoms with Crippen LogP contribution in [-0.2, 0) is 10.0 Å². The van der Waals surface area contributed by atoms with Gasteiger partial charge in [-0.2, -0.15) is 0 Å². The van der Waals surface area contributed by atoms with Crippen molar-refractivity contribution in [3.63, 3.8) is 0 Å². The van der Waals surface area contributed by atoms with E-state index in [1.807, 2.05) is 0 Å². The molecule has 8 heteroatoms. The van der Waals surface area contributed by atoms with E-state index in [9.17, 15) is 8.42 Å². The summed E-state index contributed by atoms with van der Waals surface area (Å²) in [5.74, 6) is 0. The van der Waals surface area contributed by atoms with Gasteiger partial charge in [-0.1, -0.05) is 23.2 Å². The molecule has 0 spiro atoms. The van der Waals surface area contributed by atoms with Crippen LogP contribution >= 0.6 is 23.2 Å². The minimum Gasteiger partial charge on any atom is -0.398 e. The molecular formula is C8H10Cl2N2O3S. The number of anilines is 1. The molecule has 5 nitrogen and oxygen atoms in total. The number of aliphatic hydroxyl groups excluding tert-OH is 1. The van der Waals surface area contributed by atoms with Crippen molar-refractivity contribution in [3.8, 4) is 0 Å². The zero-order chi connectivity index (χ0) is 12.3. The number of sulfonamides is 1. The summed E-state index contributed by atoms with van der Waals surface area (Å²) in [5, 5.41) is 8.74. The van der Waals surface area contributed by atoms with E-state index in [0.717, 1.165) is 0 Å². The second-order valence-corrected chi connectivity index (χ2v) is 5.47. The van der Waals surface area contributed by atoms with Gasteiger partial charge in [-0.25, -0.2) is 13.1 Å². The van der Waals surface area contributed by atoms with Crippen LogP contribution in [0, 0.1) is 0 Å². The van der Waals surface area contributed by atoms with E-state index >= 15 is 0 Å². The highest BCUT2D eigenvalue weighted by Crippen LogP contribution is 2.30. The van der Waals surface area contributed by atoms with Crippen LogP contribution in [0.5, 0.6) is 0 Å². The fraction of sp³-hybridized carbons (Fsp3) is 0.250.